The fourth-order valence-electron chi connectivity index (χ4n) is 2.78. The molecule has 1 aliphatic rings. The van der Waals surface area contributed by atoms with Gasteiger partial charge in [-0.25, -0.2) is 0 Å². The van der Waals surface area contributed by atoms with E-state index in [-0.39, 0.29) is 5.91 Å². The van der Waals surface area contributed by atoms with E-state index in [0.717, 1.165) is 44.5 Å². The third-order valence-electron chi connectivity index (χ3n) is 3.89. The van der Waals surface area contributed by atoms with Crippen molar-refractivity contribution in [2.24, 2.45) is 5.73 Å². The van der Waals surface area contributed by atoms with Crippen LogP contribution in [0.3, 0.4) is 0 Å². The summed E-state index contributed by atoms with van der Waals surface area (Å²) in [7, 11) is 0. The Balaban J connectivity index is 1.63. The first-order valence-electron chi connectivity index (χ1n) is 7.42. The lowest BCUT2D eigenvalue weighted by atomic mass is 10.0. The Morgan fingerprint density at radius 2 is 2.30 bits per heavy atom. The van der Waals surface area contributed by atoms with Crippen LogP contribution in [0.4, 0.5) is 0 Å². The standard InChI is InChI=1S/C15H25N3O2/c1-12(4-5-14-3-2-10-20-14)17-13-6-8-18(9-7-13)11-15(16)19/h2-3,10,12-13,17H,4-9,11H2,1H3,(H2,16,19). The maximum atomic E-state index is 10.9. The van der Waals surface area contributed by atoms with Gasteiger partial charge >= 0.3 is 0 Å². The number of nitrogens with zero attached hydrogens (tertiary/aromatic N) is 1. The number of aryl methyl sites for hydroxylation is 1. The number of amides is 1. The van der Waals surface area contributed by atoms with E-state index < -0.39 is 0 Å². The molecule has 1 fully saturated rings. The van der Waals surface area contributed by atoms with Crippen molar-refractivity contribution in [3.05, 3.63) is 24.2 Å². The molecule has 1 saturated heterocycles. The molecule has 20 heavy (non-hydrogen) atoms. The topological polar surface area (TPSA) is 71.5 Å². The Kier molecular flexibility index (Phi) is 5.61. The number of piperidine rings is 1. The van der Waals surface area contributed by atoms with Gasteiger partial charge in [0.25, 0.3) is 0 Å². The van der Waals surface area contributed by atoms with Gasteiger partial charge in [0.15, 0.2) is 0 Å². The zero-order valence-corrected chi connectivity index (χ0v) is 12.2. The normalized spacial score (nSPS) is 19.1. The lowest BCUT2D eigenvalue weighted by Crippen LogP contribution is -2.47. The molecule has 1 aliphatic heterocycles. The summed E-state index contributed by atoms with van der Waals surface area (Å²) in [6.45, 7) is 4.51. The van der Waals surface area contributed by atoms with Gasteiger partial charge in [-0.05, 0) is 38.3 Å². The number of hydrogen-bond acceptors (Lipinski definition) is 4. The Morgan fingerprint density at radius 1 is 1.55 bits per heavy atom. The quantitative estimate of drug-likeness (QED) is 0.785. The van der Waals surface area contributed by atoms with E-state index in [0.29, 0.717) is 18.6 Å². The molecule has 1 aromatic rings. The SMILES string of the molecule is CC(CCc1ccco1)NC1CCN(CC(N)=O)CC1. The molecule has 0 aliphatic carbocycles. The van der Waals surface area contributed by atoms with Gasteiger partial charge in [0.1, 0.15) is 5.76 Å². The minimum absolute atomic E-state index is 0.233. The average molecular weight is 279 g/mol. The van der Waals surface area contributed by atoms with Crippen LogP contribution in [-0.4, -0.2) is 42.5 Å². The van der Waals surface area contributed by atoms with Crippen molar-refractivity contribution in [3.63, 3.8) is 0 Å². The van der Waals surface area contributed by atoms with Crippen LogP contribution in [0, 0.1) is 0 Å². The van der Waals surface area contributed by atoms with E-state index in [4.69, 9.17) is 10.2 Å². The van der Waals surface area contributed by atoms with E-state index in [2.05, 4.69) is 17.1 Å². The zero-order valence-electron chi connectivity index (χ0n) is 12.2. The summed E-state index contributed by atoms with van der Waals surface area (Å²) in [5.74, 6) is 0.818. The molecule has 0 saturated carbocycles. The molecule has 2 heterocycles. The molecule has 2 rings (SSSR count). The number of hydrogen-bond donors (Lipinski definition) is 2. The molecule has 3 N–H and O–H groups in total. The highest BCUT2D eigenvalue weighted by atomic mass is 16.3. The highest BCUT2D eigenvalue weighted by Crippen LogP contribution is 2.12. The molecule has 112 valence electrons. The number of carbonyl (C=O) groups is 1. The van der Waals surface area contributed by atoms with Crippen molar-refractivity contribution >= 4 is 5.91 Å². The first kappa shape index (κ1) is 15.1. The number of nitrogens with two attached hydrogens (primary N) is 1. The van der Waals surface area contributed by atoms with Crippen LogP contribution in [0.1, 0.15) is 31.9 Å². The van der Waals surface area contributed by atoms with Crippen molar-refractivity contribution in [1.82, 2.24) is 10.2 Å². The van der Waals surface area contributed by atoms with Crippen LogP contribution in [0.25, 0.3) is 0 Å². The van der Waals surface area contributed by atoms with E-state index in [1.54, 1.807) is 6.26 Å². The Labute approximate surface area is 120 Å². The van der Waals surface area contributed by atoms with Crippen LogP contribution in [0.2, 0.25) is 0 Å². The van der Waals surface area contributed by atoms with E-state index in [1.807, 2.05) is 12.1 Å². The second-order valence-corrected chi connectivity index (χ2v) is 5.70. The van der Waals surface area contributed by atoms with Gasteiger partial charge in [0, 0.05) is 31.6 Å². The average Bonchev–Trinajstić information content (AvgIpc) is 2.91. The summed E-state index contributed by atoms with van der Waals surface area (Å²) in [4.78, 5) is 13.0. The van der Waals surface area contributed by atoms with Crippen molar-refractivity contribution in [3.8, 4) is 0 Å². The minimum Gasteiger partial charge on any atom is -0.469 e. The number of nitrogens with one attached hydrogen (secondary N) is 1. The van der Waals surface area contributed by atoms with Gasteiger partial charge in [0.2, 0.25) is 5.91 Å². The predicted molar refractivity (Wildman–Crippen MR) is 78.3 cm³/mol. The summed E-state index contributed by atoms with van der Waals surface area (Å²) in [5.41, 5.74) is 5.22. The molecule has 0 bridgehead atoms. The van der Waals surface area contributed by atoms with Crippen molar-refractivity contribution < 1.29 is 9.21 Å². The summed E-state index contributed by atoms with van der Waals surface area (Å²) >= 11 is 0. The van der Waals surface area contributed by atoms with Gasteiger partial charge < -0.3 is 15.5 Å². The fourth-order valence-corrected chi connectivity index (χ4v) is 2.78. The number of rotatable bonds is 7. The van der Waals surface area contributed by atoms with Crippen LogP contribution in [0.5, 0.6) is 0 Å². The van der Waals surface area contributed by atoms with Gasteiger partial charge in [0.05, 0.1) is 12.8 Å². The predicted octanol–water partition coefficient (Wildman–Crippen LogP) is 1.14. The lowest BCUT2D eigenvalue weighted by molar-refractivity contribution is -0.119. The lowest BCUT2D eigenvalue weighted by Gasteiger charge is -2.33. The highest BCUT2D eigenvalue weighted by Gasteiger charge is 2.21. The number of carbonyl (C=O) groups excluding carboxylic acids is 1. The largest absolute Gasteiger partial charge is 0.469 e. The van der Waals surface area contributed by atoms with Crippen molar-refractivity contribution in [1.29, 1.82) is 0 Å². The Hall–Kier alpha value is -1.33. The van der Waals surface area contributed by atoms with Crippen LogP contribution < -0.4 is 11.1 Å². The molecule has 5 nitrogen and oxygen atoms in total. The molecule has 0 radical (unpaired) electrons. The van der Waals surface area contributed by atoms with Gasteiger partial charge in [-0.15, -0.1) is 0 Å². The van der Waals surface area contributed by atoms with Crippen LogP contribution >= 0.6 is 0 Å². The van der Waals surface area contributed by atoms with Crippen LogP contribution in [0.15, 0.2) is 22.8 Å². The smallest absolute Gasteiger partial charge is 0.231 e. The third-order valence-corrected chi connectivity index (χ3v) is 3.89. The van der Waals surface area contributed by atoms with Gasteiger partial charge in [-0.2, -0.15) is 0 Å². The van der Waals surface area contributed by atoms with E-state index in [9.17, 15) is 4.79 Å². The molecule has 0 aromatic carbocycles. The molecule has 1 amide bonds. The first-order valence-corrected chi connectivity index (χ1v) is 7.42. The third kappa shape index (κ3) is 4.98. The Morgan fingerprint density at radius 3 is 2.90 bits per heavy atom. The summed E-state index contributed by atoms with van der Waals surface area (Å²) in [5, 5.41) is 3.67. The molecule has 5 heteroatoms. The summed E-state index contributed by atoms with van der Waals surface area (Å²) in [6.07, 6.45) is 5.94. The van der Waals surface area contributed by atoms with Gasteiger partial charge in [-0.1, -0.05) is 0 Å². The van der Waals surface area contributed by atoms with Crippen LogP contribution in [-0.2, 0) is 11.2 Å². The fraction of sp³-hybridized carbons (Fsp3) is 0.667. The maximum absolute atomic E-state index is 10.9. The molecular formula is C15H25N3O2. The van der Waals surface area contributed by atoms with E-state index in [1.165, 1.54) is 0 Å². The zero-order chi connectivity index (χ0) is 14.4. The second kappa shape index (κ2) is 7.45. The summed E-state index contributed by atoms with van der Waals surface area (Å²) in [6, 6.07) is 4.98. The Bertz CT molecular complexity index is 397. The van der Waals surface area contributed by atoms with Crippen molar-refractivity contribution in [2.45, 2.75) is 44.7 Å². The summed E-state index contributed by atoms with van der Waals surface area (Å²) < 4.78 is 5.35. The molecule has 1 aromatic heterocycles. The number of likely N-dealkylation sites (tertiary alicyclic amines) is 1. The van der Waals surface area contributed by atoms with E-state index >= 15 is 0 Å². The van der Waals surface area contributed by atoms with Crippen molar-refractivity contribution in [2.75, 3.05) is 19.6 Å². The number of primary amides is 1. The molecule has 1 atom stereocenters. The number of furan rings is 1. The molecular weight excluding hydrogens is 254 g/mol. The molecule has 1 unspecified atom stereocenters. The monoisotopic (exact) mass is 279 g/mol. The first-order chi connectivity index (χ1) is 9.63. The van der Waals surface area contributed by atoms with Gasteiger partial charge in [-0.3, -0.25) is 9.69 Å². The maximum Gasteiger partial charge on any atom is 0.231 e. The minimum atomic E-state index is -0.233. The highest BCUT2D eigenvalue weighted by molar-refractivity contribution is 5.75. The second-order valence-electron chi connectivity index (χ2n) is 5.70. The molecule has 0 spiro atoms.